The van der Waals surface area contributed by atoms with Gasteiger partial charge in [-0.2, -0.15) is 0 Å². The third kappa shape index (κ3) is 6.39. The average molecular weight is 238 g/mol. The minimum atomic E-state index is -1.82. The lowest BCUT2D eigenvalue weighted by atomic mass is 10.2. The molecular formula is C8H21BNO6+. The molecular weight excluding hydrogens is 217 g/mol. The molecule has 0 aliphatic carbocycles. The maximum Gasteiger partial charge on any atom is 0.634 e. The van der Waals surface area contributed by atoms with Gasteiger partial charge in [-0.3, -0.25) is 0 Å². The topological polar surface area (TPSA) is 110 Å². The number of hydrogen-bond acceptors (Lipinski definition) is 6. The van der Waals surface area contributed by atoms with Gasteiger partial charge >= 0.3 is 7.32 Å². The molecule has 0 saturated carbocycles. The lowest BCUT2D eigenvalue weighted by molar-refractivity contribution is -0.929. The van der Waals surface area contributed by atoms with Gasteiger partial charge < -0.3 is 34.5 Å². The standard InChI is InChI=1S/C8H21BNO6/c11-5-1-10(2-6-12,3-7-13)4-8-16-9(14)15/h11-15H,1-8H2/q+1. The maximum atomic E-state index is 8.95. The van der Waals surface area contributed by atoms with Crippen LogP contribution in [0.4, 0.5) is 0 Å². The van der Waals surface area contributed by atoms with Gasteiger partial charge in [0, 0.05) is 0 Å². The Hall–Kier alpha value is -0.215. The van der Waals surface area contributed by atoms with Crippen molar-refractivity contribution in [3.63, 3.8) is 0 Å². The first-order valence-corrected chi connectivity index (χ1v) is 5.25. The second kappa shape index (κ2) is 8.88. The van der Waals surface area contributed by atoms with Crippen molar-refractivity contribution in [1.82, 2.24) is 0 Å². The van der Waals surface area contributed by atoms with E-state index in [1.54, 1.807) is 0 Å². The van der Waals surface area contributed by atoms with E-state index in [-0.39, 0.29) is 30.9 Å². The van der Waals surface area contributed by atoms with Crippen LogP contribution in [0.25, 0.3) is 0 Å². The van der Waals surface area contributed by atoms with E-state index in [9.17, 15) is 0 Å². The second-order valence-corrected chi connectivity index (χ2v) is 3.60. The van der Waals surface area contributed by atoms with Gasteiger partial charge in [0.2, 0.25) is 0 Å². The van der Waals surface area contributed by atoms with Gasteiger partial charge in [0.25, 0.3) is 0 Å². The molecule has 16 heavy (non-hydrogen) atoms. The Labute approximate surface area is 95.3 Å². The van der Waals surface area contributed by atoms with Crippen molar-refractivity contribution in [2.75, 3.05) is 52.6 Å². The first-order chi connectivity index (χ1) is 7.60. The predicted octanol–water partition coefficient (Wildman–Crippen LogP) is -3.23. The molecule has 0 bridgehead atoms. The van der Waals surface area contributed by atoms with E-state index in [0.29, 0.717) is 26.2 Å². The molecule has 0 saturated heterocycles. The van der Waals surface area contributed by atoms with E-state index in [1.807, 2.05) is 0 Å². The van der Waals surface area contributed by atoms with Crippen molar-refractivity contribution in [3.05, 3.63) is 0 Å². The SMILES string of the molecule is OCC[N+](CCO)(CCO)CCOB(O)O. The third-order valence-corrected chi connectivity index (χ3v) is 2.56. The van der Waals surface area contributed by atoms with Crippen LogP contribution in [0.2, 0.25) is 0 Å². The summed E-state index contributed by atoms with van der Waals surface area (Å²) < 4.78 is 4.87. The van der Waals surface area contributed by atoms with Crippen molar-refractivity contribution >= 4 is 7.32 Å². The lowest BCUT2D eigenvalue weighted by Crippen LogP contribution is -2.55. The van der Waals surface area contributed by atoms with Crippen molar-refractivity contribution in [2.45, 2.75) is 0 Å². The molecule has 0 spiro atoms. The molecule has 0 amide bonds. The Morgan fingerprint density at radius 1 is 0.812 bits per heavy atom. The number of aliphatic hydroxyl groups is 3. The monoisotopic (exact) mass is 238 g/mol. The van der Waals surface area contributed by atoms with Gasteiger partial charge in [-0.15, -0.1) is 0 Å². The summed E-state index contributed by atoms with van der Waals surface area (Å²) in [7, 11) is -1.82. The highest BCUT2D eigenvalue weighted by Gasteiger charge is 2.26. The van der Waals surface area contributed by atoms with Crippen LogP contribution >= 0.6 is 0 Å². The largest absolute Gasteiger partial charge is 0.634 e. The molecule has 0 aliphatic heterocycles. The maximum absolute atomic E-state index is 8.95. The molecule has 0 heterocycles. The molecule has 0 aliphatic rings. The molecule has 0 aromatic rings. The normalized spacial score (nSPS) is 11.8. The van der Waals surface area contributed by atoms with E-state index in [2.05, 4.69) is 4.65 Å². The lowest BCUT2D eigenvalue weighted by Gasteiger charge is -2.37. The summed E-state index contributed by atoms with van der Waals surface area (Å²) in [6.07, 6.45) is 0. The van der Waals surface area contributed by atoms with Crippen LogP contribution in [-0.4, -0.2) is 89.8 Å². The predicted molar refractivity (Wildman–Crippen MR) is 57.1 cm³/mol. The van der Waals surface area contributed by atoms with Crippen LogP contribution < -0.4 is 0 Å². The van der Waals surface area contributed by atoms with E-state index in [1.165, 1.54) is 0 Å². The van der Waals surface area contributed by atoms with Crippen LogP contribution in [0.15, 0.2) is 0 Å². The molecule has 0 aromatic carbocycles. The minimum absolute atomic E-state index is 0.0678. The summed E-state index contributed by atoms with van der Waals surface area (Å²) in [5.74, 6) is 0. The number of hydrogen-bond donors (Lipinski definition) is 5. The number of quaternary nitrogens is 1. The zero-order valence-electron chi connectivity index (χ0n) is 9.33. The molecule has 0 radical (unpaired) electrons. The second-order valence-electron chi connectivity index (χ2n) is 3.60. The molecule has 96 valence electrons. The van der Waals surface area contributed by atoms with Crippen molar-refractivity contribution < 1.29 is 34.5 Å². The average Bonchev–Trinajstić information content (AvgIpc) is 2.18. The van der Waals surface area contributed by atoms with Crippen molar-refractivity contribution in [1.29, 1.82) is 0 Å². The molecule has 0 aromatic heterocycles. The third-order valence-electron chi connectivity index (χ3n) is 2.56. The van der Waals surface area contributed by atoms with Crippen LogP contribution in [0.5, 0.6) is 0 Å². The van der Waals surface area contributed by atoms with Crippen LogP contribution in [0.1, 0.15) is 0 Å². The quantitative estimate of drug-likeness (QED) is 0.202. The van der Waals surface area contributed by atoms with Crippen LogP contribution in [0.3, 0.4) is 0 Å². The fraction of sp³-hybridized carbons (Fsp3) is 1.00. The first-order valence-electron chi connectivity index (χ1n) is 5.25. The van der Waals surface area contributed by atoms with Crippen molar-refractivity contribution in [3.8, 4) is 0 Å². The van der Waals surface area contributed by atoms with E-state index in [4.69, 9.17) is 25.4 Å². The van der Waals surface area contributed by atoms with Gasteiger partial charge in [0.1, 0.15) is 26.2 Å². The van der Waals surface area contributed by atoms with E-state index >= 15 is 0 Å². The highest BCUT2D eigenvalue weighted by molar-refractivity contribution is 6.32. The first kappa shape index (κ1) is 15.8. The number of rotatable bonds is 10. The summed E-state index contributed by atoms with van der Waals surface area (Å²) in [6.45, 7) is 1.41. The van der Waals surface area contributed by atoms with Gasteiger partial charge in [-0.25, -0.2) is 0 Å². The smallest absolute Gasteiger partial charge is 0.402 e. The van der Waals surface area contributed by atoms with E-state index < -0.39 is 7.32 Å². The highest BCUT2D eigenvalue weighted by atomic mass is 16.6. The zero-order chi connectivity index (χ0) is 12.4. The molecule has 0 atom stereocenters. The summed E-state index contributed by atoms with van der Waals surface area (Å²) in [4.78, 5) is 0. The van der Waals surface area contributed by atoms with Gasteiger partial charge in [0.05, 0.1) is 26.4 Å². The molecule has 8 heteroatoms. The molecule has 0 unspecified atom stereocenters. The van der Waals surface area contributed by atoms with E-state index in [0.717, 1.165) is 0 Å². The van der Waals surface area contributed by atoms with Gasteiger partial charge in [-0.1, -0.05) is 0 Å². The zero-order valence-corrected chi connectivity index (χ0v) is 9.33. The molecule has 5 N–H and O–H groups in total. The number of nitrogens with zero attached hydrogens (tertiary/aromatic N) is 1. The fourth-order valence-electron chi connectivity index (χ4n) is 1.66. The summed E-state index contributed by atoms with van der Waals surface area (Å²) >= 11 is 0. The fourth-order valence-corrected chi connectivity index (χ4v) is 1.66. The minimum Gasteiger partial charge on any atom is -0.402 e. The molecule has 0 rings (SSSR count). The summed E-state index contributed by atoms with van der Waals surface area (Å²) in [6, 6.07) is 0. The Morgan fingerprint density at radius 2 is 1.25 bits per heavy atom. The van der Waals surface area contributed by atoms with Crippen LogP contribution in [0, 0.1) is 0 Å². The summed E-state index contributed by atoms with van der Waals surface area (Å²) in [5, 5.41) is 43.9. The Bertz CT molecular complexity index is 154. The molecule has 7 nitrogen and oxygen atoms in total. The Kier molecular flexibility index (Phi) is 8.76. The van der Waals surface area contributed by atoms with Crippen molar-refractivity contribution in [2.24, 2.45) is 0 Å². The highest BCUT2D eigenvalue weighted by Crippen LogP contribution is 2.05. The molecule has 0 fully saturated rings. The Balaban J connectivity index is 4.23. The Morgan fingerprint density at radius 3 is 1.56 bits per heavy atom. The number of aliphatic hydroxyl groups excluding tert-OH is 3. The van der Waals surface area contributed by atoms with Gasteiger partial charge in [-0.05, 0) is 0 Å². The van der Waals surface area contributed by atoms with Crippen LogP contribution in [-0.2, 0) is 4.65 Å². The van der Waals surface area contributed by atoms with Gasteiger partial charge in [0.15, 0.2) is 0 Å². The summed E-state index contributed by atoms with van der Waals surface area (Å²) in [5.41, 5.74) is 0.